The summed E-state index contributed by atoms with van der Waals surface area (Å²) < 4.78 is 25.7. The van der Waals surface area contributed by atoms with Crippen molar-refractivity contribution in [3.63, 3.8) is 0 Å². The molecule has 0 saturated heterocycles. The highest BCUT2D eigenvalue weighted by Gasteiger charge is 2.25. The molecule has 26 heavy (non-hydrogen) atoms. The molecule has 136 valence electrons. The molecular weight excluding hydrogens is 422 g/mol. The number of hydrogen-bond donors (Lipinski definition) is 2. The first-order valence-electron chi connectivity index (χ1n) is 7.77. The number of carbonyl (C=O) groups is 2. The number of fused-ring (bicyclic) bond motifs is 1. The molecule has 9 heteroatoms. The molecule has 0 unspecified atom stereocenters. The van der Waals surface area contributed by atoms with Crippen molar-refractivity contribution in [1.82, 2.24) is 10.3 Å². The van der Waals surface area contributed by atoms with Crippen LogP contribution in [0, 0.1) is 0 Å². The number of hydrazine groups is 1. The lowest BCUT2D eigenvalue weighted by molar-refractivity contribution is -0.116. The largest absolute Gasteiger partial charge is 0.312 e. The number of benzene rings is 2. The summed E-state index contributed by atoms with van der Waals surface area (Å²) in [4.78, 5) is 27.3. The van der Waals surface area contributed by atoms with Gasteiger partial charge >= 0.3 is 0 Å². The predicted molar refractivity (Wildman–Crippen MR) is 100 cm³/mol. The third-order valence-electron chi connectivity index (χ3n) is 4.04. The quantitative estimate of drug-likeness (QED) is 0.714. The van der Waals surface area contributed by atoms with Crippen LogP contribution in [0.2, 0.25) is 0 Å². The van der Waals surface area contributed by atoms with Crippen molar-refractivity contribution in [2.45, 2.75) is 18.2 Å². The minimum Gasteiger partial charge on any atom is -0.312 e. The van der Waals surface area contributed by atoms with Gasteiger partial charge in [0.2, 0.25) is 5.91 Å². The number of carbonyl (C=O) groups excluding carboxylic acids is 2. The van der Waals surface area contributed by atoms with Crippen molar-refractivity contribution in [1.29, 1.82) is 0 Å². The fourth-order valence-electron chi connectivity index (χ4n) is 2.72. The van der Waals surface area contributed by atoms with Gasteiger partial charge in [0.25, 0.3) is 15.9 Å². The highest BCUT2D eigenvalue weighted by molar-refractivity contribution is 9.10. The van der Waals surface area contributed by atoms with Crippen molar-refractivity contribution in [3.05, 3.63) is 58.1 Å². The van der Waals surface area contributed by atoms with Crippen LogP contribution in [0.25, 0.3) is 0 Å². The van der Waals surface area contributed by atoms with E-state index >= 15 is 0 Å². The Labute approximate surface area is 159 Å². The van der Waals surface area contributed by atoms with Crippen LogP contribution in [0.3, 0.4) is 0 Å². The van der Waals surface area contributed by atoms with Crippen LogP contribution in [0.4, 0.5) is 5.69 Å². The van der Waals surface area contributed by atoms with Crippen LogP contribution < -0.4 is 15.2 Å². The molecule has 0 aromatic heterocycles. The second-order valence-corrected chi connectivity index (χ2v) is 8.38. The minimum atomic E-state index is -3.93. The van der Waals surface area contributed by atoms with E-state index in [-0.39, 0.29) is 10.8 Å². The van der Waals surface area contributed by atoms with Crippen LogP contribution in [0.1, 0.15) is 22.8 Å². The van der Waals surface area contributed by atoms with Gasteiger partial charge in [-0.2, -0.15) is 0 Å². The van der Waals surface area contributed by atoms with Gasteiger partial charge in [-0.1, -0.05) is 15.9 Å². The number of halogens is 1. The molecule has 0 spiro atoms. The van der Waals surface area contributed by atoms with Crippen LogP contribution in [0.5, 0.6) is 0 Å². The third-order valence-corrected chi connectivity index (χ3v) is 5.82. The number of hydrogen-bond acceptors (Lipinski definition) is 4. The maximum atomic E-state index is 12.4. The molecule has 1 aliphatic rings. The first kappa shape index (κ1) is 18.6. The van der Waals surface area contributed by atoms with Crippen molar-refractivity contribution >= 4 is 43.5 Å². The van der Waals surface area contributed by atoms with E-state index in [1.807, 2.05) is 0 Å². The third kappa shape index (κ3) is 3.79. The molecule has 0 aliphatic carbocycles. The molecule has 1 aliphatic heterocycles. The van der Waals surface area contributed by atoms with Crippen LogP contribution in [-0.4, -0.2) is 26.8 Å². The minimum absolute atomic E-state index is 0.0257. The molecule has 2 aromatic rings. The topological polar surface area (TPSA) is 95.6 Å². The summed E-state index contributed by atoms with van der Waals surface area (Å²) in [5.41, 5.74) is 4.01. The molecule has 2 amide bonds. The van der Waals surface area contributed by atoms with Gasteiger partial charge in [0, 0.05) is 29.2 Å². The molecule has 2 N–H and O–H groups in total. The number of rotatable bonds is 4. The Kier molecular flexibility index (Phi) is 5.12. The number of anilines is 1. The SMILES string of the molecule is CC(=O)N1CCc2cc(S(=O)(=O)NNC(=O)c3ccc(Br)cc3)ccc21. The zero-order chi connectivity index (χ0) is 18.9. The van der Waals surface area contributed by atoms with Crippen molar-refractivity contribution in [2.75, 3.05) is 11.4 Å². The number of sulfonamides is 1. The summed E-state index contributed by atoms with van der Waals surface area (Å²) in [6.07, 6.45) is 0.587. The highest BCUT2D eigenvalue weighted by atomic mass is 79.9. The molecule has 3 rings (SSSR count). The summed E-state index contributed by atoms with van der Waals surface area (Å²) in [5, 5.41) is 0. The first-order chi connectivity index (χ1) is 12.3. The molecule has 2 aromatic carbocycles. The second kappa shape index (κ2) is 7.18. The molecule has 0 saturated carbocycles. The lowest BCUT2D eigenvalue weighted by Crippen LogP contribution is -2.41. The normalized spacial score (nSPS) is 13.4. The zero-order valence-electron chi connectivity index (χ0n) is 13.8. The fourth-order valence-corrected chi connectivity index (χ4v) is 3.87. The summed E-state index contributed by atoms with van der Waals surface area (Å²) in [6.45, 7) is 2.00. The van der Waals surface area contributed by atoms with Crippen LogP contribution >= 0.6 is 15.9 Å². The monoisotopic (exact) mass is 437 g/mol. The molecule has 0 radical (unpaired) electrons. The molecule has 0 fully saturated rings. The van der Waals surface area contributed by atoms with Gasteiger partial charge in [0.05, 0.1) is 4.90 Å². The van der Waals surface area contributed by atoms with Gasteiger partial charge in [-0.3, -0.25) is 15.0 Å². The summed E-state index contributed by atoms with van der Waals surface area (Å²) in [6, 6.07) is 11.0. The summed E-state index contributed by atoms with van der Waals surface area (Å²) in [5.74, 6) is -0.649. The highest BCUT2D eigenvalue weighted by Crippen LogP contribution is 2.30. The number of nitrogens with one attached hydrogen (secondary N) is 2. The molecule has 0 bridgehead atoms. The maximum absolute atomic E-state index is 12.4. The Morgan fingerprint density at radius 1 is 1.12 bits per heavy atom. The Morgan fingerprint density at radius 2 is 1.81 bits per heavy atom. The fraction of sp³-hybridized carbons (Fsp3) is 0.176. The van der Waals surface area contributed by atoms with Gasteiger partial charge in [-0.25, -0.2) is 8.42 Å². The van der Waals surface area contributed by atoms with Crippen LogP contribution in [-0.2, 0) is 21.2 Å². The Hall–Kier alpha value is -2.23. The summed E-state index contributed by atoms with van der Waals surface area (Å²) in [7, 11) is -3.93. The molecular formula is C17H16BrN3O4S. The van der Waals surface area contributed by atoms with E-state index in [4.69, 9.17) is 0 Å². The van der Waals surface area contributed by atoms with E-state index in [0.29, 0.717) is 18.5 Å². The van der Waals surface area contributed by atoms with Gasteiger partial charge in [-0.05, 0) is 54.4 Å². The smallest absolute Gasteiger partial charge is 0.266 e. The van der Waals surface area contributed by atoms with Gasteiger partial charge < -0.3 is 4.90 Å². The van der Waals surface area contributed by atoms with Crippen LogP contribution in [0.15, 0.2) is 51.8 Å². The van der Waals surface area contributed by atoms with Crippen molar-refractivity contribution in [3.8, 4) is 0 Å². The van der Waals surface area contributed by atoms with E-state index in [0.717, 1.165) is 15.7 Å². The Bertz CT molecular complexity index is 974. The molecule has 7 nitrogen and oxygen atoms in total. The zero-order valence-corrected chi connectivity index (χ0v) is 16.2. The molecule has 1 heterocycles. The summed E-state index contributed by atoms with van der Waals surface area (Å²) >= 11 is 3.27. The lowest BCUT2D eigenvalue weighted by atomic mass is 10.2. The first-order valence-corrected chi connectivity index (χ1v) is 10.0. The average molecular weight is 438 g/mol. The van der Waals surface area contributed by atoms with Crippen molar-refractivity contribution < 1.29 is 18.0 Å². The average Bonchev–Trinajstić information content (AvgIpc) is 3.04. The Balaban J connectivity index is 1.74. The van der Waals surface area contributed by atoms with Gasteiger partial charge in [-0.15, -0.1) is 4.83 Å². The van der Waals surface area contributed by atoms with E-state index < -0.39 is 15.9 Å². The predicted octanol–water partition coefficient (Wildman–Crippen LogP) is 1.98. The Morgan fingerprint density at radius 3 is 2.46 bits per heavy atom. The van der Waals surface area contributed by atoms with E-state index in [1.54, 1.807) is 35.2 Å². The van der Waals surface area contributed by atoms with E-state index in [1.165, 1.54) is 19.1 Å². The lowest BCUT2D eigenvalue weighted by Gasteiger charge is -2.15. The van der Waals surface area contributed by atoms with Crippen molar-refractivity contribution in [2.24, 2.45) is 0 Å². The standard InChI is InChI=1S/C17H16BrN3O4S/c1-11(22)21-9-8-13-10-15(6-7-16(13)21)26(24,25)20-19-17(23)12-2-4-14(18)5-3-12/h2-7,10,20H,8-9H2,1H3,(H,19,23). The number of nitrogens with zero attached hydrogens (tertiary/aromatic N) is 1. The van der Waals surface area contributed by atoms with Gasteiger partial charge in [0.1, 0.15) is 0 Å². The van der Waals surface area contributed by atoms with E-state index in [2.05, 4.69) is 26.2 Å². The molecule has 0 atom stereocenters. The maximum Gasteiger partial charge on any atom is 0.266 e. The second-order valence-electron chi connectivity index (χ2n) is 5.78. The number of amides is 2. The van der Waals surface area contributed by atoms with E-state index in [9.17, 15) is 18.0 Å². The van der Waals surface area contributed by atoms with Gasteiger partial charge in [0.15, 0.2) is 0 Å².